The number of hydrogen-bond donors (Lipinski definition) is 3. The monoisotopic (exact) mass is 247 g/mol. The number of pyridine rings is 1. The zero-order chi connectivity index (χ0) is 13.0. The van der Waals surface area contributed by atoms with Gasteiger partial charge in [-0.25, -0.2) is 4.98 Å². The lowest BCUT2D eigenvalue weighted by Crippen LogP contribution is -2.26. The zero-order valence-corrected chi connectivity index (χ0v) is 10.6. The second kappa shape index (κ2) is 5.59. The highest BCUT2D eigenvalue weighted by molar-refractivity contribution is 5.97. The molecule has 0 saturated heterocycles. The molecule has 0 aliphatic heterocycles. The van der Waals surface area contributed by atoms with Crippen molar-refractivity contribution in [2.24, 2.45) is 0 Å². The Morgan fingerprint density at radius 1 is 1.44 bits per heavy atom. The minimum Gasteiger partial charge on any atom is -0.352 e. The second-order valence-corrected chi connectivity index (χ2v) is 4.16. The Labute approximate surface area is 105 Å². The number of H-pyrrole nitrogens is 1. The van der Waals surface area contributed by atoms with E-state index in [2.05, 4.69) is 25.8 Å². The quantitative estimate of drug-likeness (QED) is 0.676. The maximum atomic E-state index is 11.9. The summed E-state index contributed by atoms with van der Waals surface area (Å²) >= 11 is 0. The molecule has 0 fully saturated rings. The van der Waals surface area contributed by atoms with Crippen LogP contribution in [0.15, 0.2) is 12.3 Å². The van der Waals surface area contributed by atoms with Crippen molar-refractivity contribution in [2.75, 3.05) is 20.1 Å². The molecule has 0 radical (unpaired) electrons. The number of aromatic nitrogens is 3. The Balaban J connectivity index is 2.05. The molecular weight excluding hydrogens is 230 g/mol. The van der Waals surface area contributed by atoms with E-state index in [9.17, 15) is 4.79 Å². The first-order valence-corrected chi connectivity index (χ1v) is 5.96. The van der Waals surface area contributed by atoms with Gasteiger partial charge in [0.2, 0.25) is 0 Å². The average molecular weight is 247 g/mol. The van der Waals surface area contributed by atoms with Crippen LogP contribution in [-0.2, 0) is 0 Å². The minimum atomic E-state index is -0.0962. The van der Waals surface area contributed by atoms with Crippen LogP contribution in [0.4, 0.5) is 0 Å². The number of hydrogen-bond acceptors (Lipinski definition) is 4. The number of rotatable bonds is 5. The molecule has 0 atom stereocenters. The third-order valence-corrected chi connectivity index (χ3v) is 2.75. The van der Waals surface area contributed by atoms with Crippen LogP contribution in [-0.4, -0.2) is 41.2 Å². The molecule has 0 saturated carbocycles. The van der Waals surface area contributed by atoms with E-state index in [1.54, 1.807) is 6.20 Å². The van der Waals surface area contributed by atoms with Gasteiger partial charge in [-0.15, -0.1) is 0 Å². The summed E-state index contributed by atoms with van der Waals surface area (Å²) in [6, 6.07) is 1.81. The number of fused-ring (bicyclic) bond motifs is 1. The van der Waals surface area contributed by atoms with E-state index in [-0.39, 0.29) is 5.91 Å². The summed E-state index contributed by atoms with van der Waals surface area (Å²) in [4.78, 5) is 16.0. The maximum absolute atomic E-state index is 11.9. The summed E-state index contributed by atoms with van der Waals surface area (Å²) in [5.41, 5.74) is 2.12. The van der Waals surface area contributed by atoms with Gasteiger partial charge in [0.05, 0.1) is 5.56 Å². The highest BCUT2D eigenvalue weighted by Gasteiger charge is 2.09. The van der Waals surface area contributed by atoms with E-state index in [0.29, 0.717) is 17.8 Å². The Bertz CT molecular complexity index is 548. The van der Waals surface area contributed by atoms with E-state index in [4.69, 9.17) is 0 Å². The molecule has 3 N–H and O–H groups in total. The van der Waals surface area contributed by atoms with Gasteiger partial charge in [0.15, 0.2) is 5.65 Å². The van der Waals surface area contributed by atoms with Crippen LogP contribution >= 0.6 is 0 Å². The summed E-state index contributed by atoms with van der Waals surface area (Å²) in [6.07, 6.45) is 2.46. The van der Waals surface area contributed by atoms with E-state index < -0.39 is 0 Å². The van der Waals surface area contributed by atoms with E-state index in [1.165, 1.54) is 0 Å². The van der Waals surface area contributed by atoms with Crippen molar-refractivity contribution >= 4 is 16.9 Å². The van der Waals surface area contributed by atoms with Crippen molar-refractivity contribution in [3.8, 4) is 0 Å². The summed E-state index contributed by atoms with van der Waals surface area (Å²) in [5.74, 6) is -0.0962. The largest absolute Gasteiger partial charge is 0.352 e. The lowest BCUT2D eigenvalue weighted by atomic mass is 10.2. The van der Waals surface area contributed by atoms with Gasteiger partial charge < -0.3 is 10.6 Å². The number of nitrogens with zero attached hydrogens (tertiary/aromatic N) is 2. The molecular formula is C12H17N5O. The molecule has 96 valence electrons. The van der Waals surface area contributed by atoms with Crippen molar-refractivity contribution in [2.45, 2.75) is 13.3 Å². The lowest BCUT2D eigenvalue weighted by Gasteiger charge is -2.04. The first kappa shape index (κ1) is 12.5. The Morgan fingerprint density at radius 3 is 3.06 bits per heavy atom. The Hall–Kier alpha value is -1.95. The van der Waals surface area contributed by atoms with E-state index in [0.717, 1.165) is 24.0 Å². The first-order valence-electron chi connectivity index (χ1n) is 5.96. The fraction of sp³-hybridized carbons (Fsp3) is 0.417. The minimum absolute atomic E-state index is 0.0962. The predicted molar refractivity (Wildman–Crippen MR) is 69.5 cm³/mol. The molecule has 0 spiro atoms. The number of nitrogens with one attached hydrogen (secondary N) is 3. The summed E-state index contributed by atoms with van der Waals surface area (Å²) in [5, 5.41) is 13.7. The number of carbonyl (C=O) groups is 1. The van der Waals surface area contributed by atoms with Crippen molar-refractivity contribution in [1.82, 2.24) is 25.8 Å². The van der Waals surface area contributed by atoms with Crippen molar-refractivity contribution in [3.05, 3.63) is 23.5 Å². The topological polar surface area (TPSA) is 82.7 Å². The molecule has 0 bridgehead atoms. The lowest BCUT2D eigenvalue weighted by molar-refractivity contribution is 0.0953. The van der Waals surface area contributed by atoms with Gasteiger partial charge in [0.25, 0.3) is 5.91 Å². The molecule has 1 amide bonds. The number of aromatic amines is 1. The normalized spacial score (nSPS) is 10.8. The third-order valence-electron chi connectivity index (χ3n) is 2.75. The molecule has 6 heteroatoms. The summed E-state index contributed by atoms with van der Waals surface area (Å²) in [6.45, 7) is 3.45. The second-order valence-electron chi connectivity index (χ2n) is 4.16. The zero-order valence-electron chi connectivity index (χ0n) is 10.6. The molecule has 2 rings (SSSR count). The summed E-state index contributed by atoms with van der Waals surface area (Å²) in [7, 11) is 1.89. The van der Waals surface area contributed by atoms with Gasteiger partial charge >= 0.3 is 0 Å². The van der Waals surface area contributed by atoms with Gasteiger partial charge in [0, 0.05) is 23.8 Å². The summed E-state index contributed by atoms with van der Waals surface area (Å²) < 4.78 is 0. The molecule has 0 aromatic carbocycles. The van der Waals surface area contributed by atoms with Crippen LogP contribution in [0.25, 0.3) is 11.0 Å². The molecule has 0 aliphatic rings. The molecule has 0 aliphatic carbocycles. The highest BCUT2D eigenvalue weighted by Crippen LogP contribution is 2.14. The molecule has 2 aromatic heterocycles. The Morgan fingerprint density at radius 2 is 2.28 bits per heavy atom. The number of amides is 1. The van der Waals surface area contributed by atoms with Crippen molar-refractivity contribution in [1.29, 1.82) is 0 Å². The molecule has 0 unspecified atom stereocenters. The van der Waals surface area contributed by atoms with Gasteiger partial charge in [-0.1, -0.05) is 0 Å². The predicted octanol–water partition coefficient (Wildman–Crippen LogP) is 0.606. The van der Waals surface area contributed by atoms with E-state index in [1.807, 2.05) is 20.0 Å². The smallest absolute Gasteiger partial charge is 0.252 e. The van der Waals surface area contributed by atoms with Crippen LogP contribution in [0.5, 0.6) is 0 Å². The molecule has 6 nitrogen and oxygen atoms in total. The van der Waals surface area contributed by atoms with Gasteiger partial charge in [0.1, 0.15) is 0 Å². The fourth-order valence-electron chi connectivity index (χ4n) is 1.71. The van der Waals surface area contributed by atoms with Crippen molar-refractivity contribution in [3.63, 3.8) is 0 Å². The van der Waals surface area contributed by atoms with Gasteiger partial charge in [-0.05, 0) is 33.0 Å². The van der Waals surface area contributed by atoms with Crippen LogP contribution < -0.4 is 10.6 Å². The van der Waals surface area contributed by atoms with Crippen LogP contribution in [0, 0.1) is 6.92 Å². The maximum Gasteiger partial charge on any atom is 0.252 e. The fourth-order valence-corrected chi connectivity index (χ4v) is 1.71. The van der Waals surface area contributed by atoms with Crippen LogP contribution in [0.1, 0.15) is 22.5 Å². The molecule has 18 heavy (non-hydrogen) atoms. The SMILES string of the molecule is CNCCCNC(=O)c1cnc2n[nH]c(C)c2c1. The van der Waals surface area contributed by atoms with Crippen LogP contribution in [0.3, 0.4) is 0 Å². The highest BCUT2D eigenvalue weighted by atomic mass is 16.1. The van der Waals surface area contributed by atoms with Gasteiger partial charge in [-0.3, -0.25) is 9.89 Å². The molecule has 2 heterocycles. The molecule has 2 aromatic rings. The Kier molecular flexibility index (Phi) is 3.88. The first-order chi connectivity index (χ1) is 8.72. The number of aryl methyl sites for hydroxylation is 1. The van der Waals surface area contributed by atoms with Crippen molar-refractivity contribution < 1.29 is 4.79 Å². The van der Waals surface area contributed by atoms with Gasteiger partial charge in [-0.2, -0.15) is 5.10 Å². The number of carbonyl (C=O) groups excluding carboxylic acids is 1. The standard InChI is InChI=1S/C12H17N5O/c1-8-10-6-9(7-15-11(10)17-16-8)12(18)14-5-3-4-13-2/h6-7,13H,3-5H2,1-2H3,(H,14,18)(H,15,16,17). The third kappa shape index (κ3) is 2.65. The van der Waals surface area contributed by atoms with E-state index >= 15 is 0 Å². The van der Waals surface area contributed by atoms with Crippen LogP contribution in [0.2, 0.25) is 0 Å². The average Bonchev–Trinajstić information content (AvgIpc) is 2.76.